The molecule has 3 rings (SSSR count). The highest BCUT2D eigenvalue weighted by Gasteiger charge is 2.18. The lowest BCUT2D eigenvalue weighted by Crippen LogP contribution is -2.15. The number of aromatic nitrogens is 2. The van der Waals surface area contributed by atoms with Gasteiger partial charge in [-0.1, -0.05) is 35.3 Å². The van der Waals surface area contributed by atoms with Crippen LogP contribution in [0.15, 0.2) is 48.7 Å². The fraction of sp³-hybridized carbons (Fsp3) is 0.105. The molecule has 0 aliphatic carbocycles. The zero-order valence-electron chi connectivity index (χ0n) is 14.6. The van der Waals surface area contributed by atoms with Crippen molar-refractivity contribution in [3.05, 3.63) is 75.5 Å². The number of nitrogens with zero attached hydrogens (tertiary/aromatic N) is 2. The Labute approximate surface area is 170 Å². The van der Waals surface area contributed by atoms with Gasteiger partial charge in [-0.05, 0) is 35.9 Å². The van der Waals surface area contributed by atoms with Crippen molar-refractivity contribution in [2.45, 2.75) is 6.61 Å². The van der Waals surface area contributed by atoms with Crippen LogP contribution in [0.25, 0.3) is 0 Å². The van der Waals surface area contributed by atoms with E-state index in [1.807, 2.05) is 0 Å². The summed E-state index contributed by atoms with van der Waals surface area (Å²) in [6.07, 6.45) is 1.29. The van der Waals surface area contributed by atoms with E-state index in [0.29, 0.717) is 21.4 Å². The van der Waals surface area contributed by atoms with Gasteiger partial charge in [-0.25, -0.2) is 4.79 Å². The van der Waals surface area contributed by atoms with Gasteiger partial charge in [0.1, 0.15) is 12.4 Å². The number of anilines is 1. The molecule has 3 aromatic rings. The third kappa shape index (κ3) is 4.44. The molecule has 0 atom stereocenters. The van der Waals surface area contributed by atoms with Crippen LogP contribution in [0.1, 0.15) is 26.4 Å². The van der Waals surface area contributed by atoms with Gasteiger partial charge in [0.25, 0.3) is 5.91 Å². The molecule has 7 nitrogen and oxygen atoms in total. The van der Waals surface area contributed by atoms with Gasteiger partial charge >= 0.3 is 5.97 Å². The number of rotatable bonds is 6. The van der Waals surface area contributed by atoms with Gasteiger partial charge in [-0.3, -0.25) is 9.48 Å². The number of amides is 1. The van der Waals surface area contributed by atoms with Crippen molar-refractivity contribution in [3.8, 4) is 5.75 Å². The number of hydrogen-bond donors (Lipinski definition) is 2. The molecule has 0 saturated carbocycles. The molecule has 28 heavy (non-hydrogen) atoms. The van der Waals surface area contributed by atoms with Crippen LogP contribution in [0.2, 0.25) is 10.0 Å². The van der Waals surface area contributed by atoms with Crippen LogP contribution in [-0.4, -0.2) is 26.8 Å². The first-order chi connectivity index (χ1) is 13.3. The Balaban J connectivity index is 1.65. The minimum absolute atomic E-state index is 0.0989. The molecule has 2 aromatic carbocycles. The van der Waals surface area contributed by atoms with E-state index in [1.165, 1.54) is 17.9 Å². The fourth-order valence-corrected chi connectivity index (χ4v) is 2.95. The Morgan fingerprint density at radius 3 is 2.54 bits per heavy atom. The second-order valence-electron chi connectivity index (χ2n) is 5.85. The van der Waals surface area contributed by atoms with Crippen molar-refractivity contribution in [2.75, 3.05) is 5.32 Å². The maximum atomic E-state index is 12.4. The lowest BCUT2D eigenvalue weighted by Gasteiger charge is -2.09. The molecule has 1 heterocycles. The molecule has 0 radical (unpaired) electrons. The Bertz CT molecular complexity index is 1030. The summed E-state index contributed by atoms with van der Waals surface area (Å²) in [7, 11) is 1.49. The van der Waals surface area contributed by atoms with Crippen LogP contribution >= 0.6 is 23.2 Å². The van der Waals surface area contributed by atoms with Crippen molar-refractivity contribution >= 4 is 40.8 Å². The van der Waals surface area contributed by atoms with Crippen molar-refractivity contribution in [1.82, 2.24) is 9.78 Å². The Kier molecular flexibility index (Phi) is 5.87. The first-order valence-electron chi connectivity index (χ1n) is 8.08. The molecule has 2 N–H and O–H groups in total. The number of ether oxygens (including phenoxy) is 1. The van der Waals surface area contributed by atoms with Gasteiger partial charge in [0, 0.05) is 17.6 Å². The third-order valence-electron chi connectivity index (χ3n) is 3.89. The lowest BCUT2D eigenvalue weighted by atomic mass is 10.1. The molecule has 1 amide bonds. The molecule has 0 bridgehead atoms. The summed E-state index contributed by atoms with van der Waals surface area (Å²) in [5.41, 5.74) is 1.23. The molecular formula is C19H15Cl2N3O4. The molecule has 0 spiro atoms. The fourth-order valence-electron chi connectivity index (χ4n) is 2.48. The number of carbonyl (C=O) groups excluding carboxylic acids is 1. The molecule has 1 aromatic heterocycles. The first-order valence-corrected chi connectivity index (χ1v) is 8.84. The number of carboxylic acids is 1. The van der Waals surface area contributed by atoms with E-state index >= 15 is 0 Å². The van der Waals surface area contributed by atoms with Gasteiger partial charge in [0.2, 0.25) is 0 Å². The van der Waals surface area contributed by atoms with Crippen molar-refractivity contribution < 1.29 is 19.4 Å². The van der Waals surface area contributed by atoms with Crippen LogP contribution in [0.3, 0.4) is 0 Å². The number of nitrogens with one attached hydrogen (secondary N) is 1. The van der Waals surface area contributed by atoms with Gasteiger partial charge in [-0.15, -0.1) is 0 Å². The number of aromatic carboxylic acids is 1. The molecule has 0 saturated heterocycles. The highest BCUT2D eigenvalue weighted by Crippen LogP contribution is 2.28. The maximum Gasteiger partial charge on any atom is 0.356 e. The third-order valence-corrected chi connectivity index (χ3v) is 4.42. The smallest absolute Gasteiger partial charge is 0.356 e. The average molecular weight is 420 g/mol. The molecule has 0 fully saturated rings. The standard InChI is InChI=1S/C19H15Cl2N3O4/c1-24-17(19(26)27)15(9-22-24)23-18(25)12-4-2-11(3-5-12)10-28-16-7-6-13(20)8-14(16)21/h2-9H,10H2,1H3,(H,23,25)(H,26,27). The van der Waals surface area contributed by atoms with Gasteiger partial charge < -0.3 is 15.2 Å². The number of carboxylic acid groups (broad SMARTS) is 1. The molecule has 0 unspecified atom stereocenters. The van der Waals surface area contributed by atoms with E-state index in [2.05, 4.69) is 10.4 Å². The molecule has 0 aliphatic heterocycles. The molecule has 0 aliphatic rings. The monoisotopic (exact) mass is 419 g/mol. The Morgan fingerprint density at radius 1 is 1.18 bits per heavy atom. The topological polar surface area (TPSA) is 93.5 Å². The van der Waals surface area contributed by atoms with Crippen molar-refractivity contribution in [3.63, 3.8) is 0 Å². The predicted octanol–water partition coefficient (Wildman–Crippen LogP) is 4.26. The van der Waals surface area contributed by atoms with Gasteiger partial charge in [-0.2, -0.15) is 5.10 Å². The second-order valence-corrected chi connectivity index (χ2v) is 6.69. The summed E-state index contributed by atoms with van der Waals surface area (Å²) in [6, 6.07) is 11.7. The summed E-state index contributed by atoms with van der Waals surface area (Å²) in [6.45, 7) is 0.259. The van der Waals surface area contributed by atoms with E-state index in [0.717, 1.165) is 5.56 Å². The summed E-state index contributed by atoms with van der Waals surface area (Å²) < 4.78 is 6.83. The van der Waals surface area contributed by atoms with Crippen molar-refractivity contribution in [2.24, 2.45) is 7.05 Å². The van der Waals surface area contributed by atoms with Crippen LogP contribution in [0.4, 0.5) is 5.69 Å². The first kappa shape index (κ1) is 19.7. The lowest BCUT2D eigenvalue weighted by molar-refractivity contribution is 0.0686. The van der Waals surface area contributed by atoms with E-state index in [1.54, 1.807) is 42.5 Å². The number of benzene rings is 2. The minimum Gasteiger partial charge on any atom is -0.487 e. The normalized spacial score (nSPS) is 10.5. The number of carbonyl (C=O) groups is 2. The summed E-state index contributed by atoms with van der Waals surface area (Å²) in [4.78, 5) is 23.6. The molecular weight excluding hydrogens is 405 g/mol. The minimum atomic E-state index is -1.18. The highest BCUT2D eigenvalue weighted by molar-refractivity contribution is 6.35. The Hall–Kier alpha value is -3.03. The second kappa shape index (κ2) is 8.33. The van der Waals surface area contributed by atoms with E-state index in [9.17, 15) is 14.7 Å². The van der Waals surface area contributed by atoms with Gasteiger partial charge in [0.15, 0.2) is 5.69 Å². The van der Waals surface area contributed by atoms with E-state index in [4.69, 9.17) is 27.9 Å². The zero-order valence-corrected chi connectivity index (χ0v) is 16.2. The van der Waals surface area contributed by atoms with Crippen LogP contribution in [-0.2, 0) is 13.7 Å². The van der Waals surface area contributed by atoms with Crippen molar-refractivity contribution in [1.29, 1.82) is 0 Å². The van der Waals surface area contributed by atoms with Crippen LogP contribution < -0.4 is 10.1 Å². The Morgan fingerprint density at radius 2 is 1.89 bits per heavy atom. The zero-order chi connectivity index (χ0) is 20.3. The summed E-state index contributed by atoms with van der Waals surface area (Å²) in [5, 5.41) is 16.5. The quantitative estimate of drug-likeness (QED) is 0.622. The number of aryl methyl sites for hydroxylation is 1. The van der Waals surface area contributed by atoms with Crippen LogP contribution in [0, 0.1) is 0 Å². The summed E-state index contributed by atoms with van der Waals surface area (Å²) >= 11 is 11.9. The number of halogens is 2. The highest BCUT2D eigenvalue weighted by atomic mass is 35.5. The van der Waals surface area contributed by atoms with Crippen LogP contribution in [0.5, 0.6) is 5.75 Å². The average Bonchev–Trinajstić information content (AvgIpc) is 3.01. The summed E-state index contributed by atoms with van der Waals surface area (Å²) in [5.74, 6) is -1.11. The molecule has 9 heteroatoms. The van der Waals surface area contributed by atoms with Gasteiger partial charge in [0.05, 0.1) is 16.9 Å². The van der Waals surface area contributed by atoms with E-state index in [-0.39, 0.29) is 18.0 Å². The SMILES string of the molecule is Cn1ncc(NC(=O)c2ccc(COc3ccc(Cl)cc3Cl)cc2)c1C(=O)O. The maximum absolute atomic E-state index is 12.4. The van der Waals surface area contributed by atoms with E-state index < -0.39 is 11.9 Å². The largest absolute Gasteiger partial charge is 0.487 e. The number of hydrogen-bond acceptors (Lipinski definition) is 4. The predicted molar refractivity (Wildman–Crippen MR) is 105 cm³/mol. The molecule has 144 valence electrons.